The molecule has 1 heterocycles. The van der Waals surface area contributed by atoms with Crippen molar-refractivity contribution in [2.75, 3.05) is 6.61 Å². The number of terminal acetylenes is 1. The van der Waals surface area contributed by atoms with Crippen LogP contribution in [0.25, 0.3) is 22.2 Å². The van der Waals surface area contributed by atoms with E-state index in [0.717, 1.165) is 22.0 Å². The van der Waals surface area contributed by atoms with Crippen LogP contribution in [0.4, 0.5) is 0 Å². The van der Waals surface area contributed by atoms with Gasteiger partial charge in [-0.05, 0) is 47.4 Å². The number of rotatable bonds is 7. The number of hydrogen-bond donors (Lipinski definition) is 0. The van der Waals surface area contributed by atoms with Gasteiger partial charge in [-0.25, -0.2) is 4.79 Å². The van der Waals surface area contributed by atoms with E-state index in [1.165, 1.54) is 12.5 Å². The van der Waals surface area contributed by atoms with Gasteiger partial charge in [-0.1, -0.05) is 56.2 Å². The van der Waals surface area contributed by atoms with Gasteiger partial charge in [0.2, 0.25) is 0 Å². The Labute approximate surface area is 204 Å². The highest BCUT2D eigenvalue weighted by Crippen LogP contribution is 2.30. The van der Waals surface area contributed by atoms with Crippen molar-refractivity contribution in [1.82, 2.24) is 9.55 Å². The maximum atomic E-state index is 13.2. The van der Waals surface area contributed by atoms with Crippen LogP contribution >= 0.6 is 0 Å². The van der Waals surface area contributed by atoms with E-state index < -0.39 is 0 Å². The molecule has 6 heteroatoms. The van der Waals surface area contributed by atoms with Gasteiger partial charge in [-0.2, -0.15) is 4.98 Å². The summed E-state index contributed by atoms with van der Waals surface area (Å²) in [6.45, 7) is 6.08. The number of fused-ring (bicyclic) bond motifs is 1. The highest BCUT2D eigenvalue weighted by molar-refractivity contribution is 5.93. The zero-order valence-electron chi connectivity index (χ0n) is 19.9. The quantitative estimate of drug-likeness (QED) is 0.213. The largest absolute Gasteiger partial charge is 0.481 e. The number of ether oxygens (including phenoxy) is 2. The van der Waals surface area contributed by atoms with Gasteiger partial charge < -0.3 is 9.47 Å². The third-order valence-corrected chi connectivity index (χ3v) is 5.65. The minimum atomic E-state index is -0.385. The van der Waals surface area contributed by atoms with Crippen molar-refractivity contribution in [2.24, 2.45) is 0 Å². The van der Waals surface area contributed by atoms with E-state index in [1.807, 2.05) is 36.4 Å². The summed E-state index contributed by atoms with van der Waals surface area (Å²) < 4.78 is 12.4. The Morgan fingerprint density at radius 1 is 1.03 bits per heavy atom. The molecule has 6 nitrogen and oxygen atoms in total. The lowest BCUT2D eigenvalue weighted by molar-refractivity contribution is -0.131. The molecule has 0 fully saturated rings. The molecule has 0 saturated carbocycles. The van der Waals surface area contributed by atoms with Crippen LogP contribution < -0.4 is 15.2 Å². The molecule has 4 aromatic rings. The van der Waals surface area contributed by atoms with Gasteiger partial charge in [0.15, 0.2) is 0 Å². The van der Waals surface area contributed by atoms with Crippen molar-refractivity contribution in [3.05, 3.63) is 88.3 Å². The van der Waals surface area contributed by atoms with Crippen molar-refractivity contribution in [1.29, 1.82) is 0 Å². The molecule has 0 saturated heterocycles. The van der Waals surface area contributed by atoms with Crippen molar-refractivity contribution in [3.8, 4) is 35.1 Å². The number of nitrogens with zero attached hydrogens (tertiary/aromatic N) is 2. The minimum Gasteiger partial charge on any atom is -0.481 e. The van der Waals surface area contributed by atoms with E-state index in [1.54, 1.807) is 22.8 Å². The first-order valence-corrected chi connectivity index (χ1v) is 11.3. The monoisotopic (exact) mass is 466 g/mol. The van der Waals surface area contributed by atoms with Crippen molar-refractivity contribution in [3.63, 3.8) is 0 Å². The second-order valence-corrected chi connectivity index (χ2v) is 8.52. The summed E-state index contributed by atoms with van der Waals surface area (Å²) in [6.07, 6.45) is 5.36. The number of benzene rings is 3. The molecular weight excluding hydrogens is 440 g/mol. The zero-order chi connectivity index (χ0) is 24.9. The fraction of sp³-hybridized carbons (Fsp3) is 0.207. The normalized spacial score (nSPS) is 10.8. The average molecular weight is 467 g/mol. The summed E-state index contributed by atoms with van der Waals surface area (Å²) >= 11 is 0. The Bertz CT molecular complexity index is 1460. The second-order valence-electron chi connectivity index (χ2n) is 8.52. The van der Waals surface area contributed by atoms with Gasteiger partial charge in [-0.3, -0.25) is 9.36 Å². The molecule has 176 valence electrons. The van der Waals surface area contributed by atoms with Crippen LogP contribution in [-0.2, 0) is 11.3 Å². The van der Waals surface area contributed by atoms with E-state index in [4.69, 9.17) is 15.9 Å². The van der Waals surface area contributed by atoms with Crippen LogP contribution in [0.5, 0.6) is 11.5 Å². The standard InChI is InChI=1S/C29H26N2O4/c1-5-16-34-25-14-15-27-26(17-25)28(23-10-8-22(9-11-23)19(2)3)30-29(33)31(27)18-21-6-12-24(13-7-21)35-20(4)32/h1,6-15,17,19H,16,18H2,2-4H3. The van der Waals surface area contributed by atoms with Crippen molar-refractivity contribution in [2.45, 2.75) is 33.2 Å². The van der Waals surface area contributed by atoms with Gasteiger partial charge in [0.05, 0.1) is 17.8 Å². The number of carbonyl (C=O) groups is 1. The van der Waals surface area contributed by atoms with Gasteiger partial charge >= 0.3 is 11.7 Å². The molecule has 1 aromatic heterocycles. The number of esters is 1. The second kappa shape index (κ2) is 10.3. The third kappa shape index (κ3) is 5.42. The van der Waals surface area contributed by atoms with Crippen LogP contribution in [0.2, 0.25) is 0 Å². The van der Waals surface area contributed by atoms with Crippen molar-refractivity contribution < 1.29 is 14.3 Å². The Morgan fingerprint density at radius 2 is 1.71 bits per heavy atom. The van der Waals surface area contributed by atoms with E-state index in [9.17, 15) is 9.59 Å². The lowest BCUT2D eigenvalue weighted by Crippen LogP contribution is -2.24. The SMILES string of the molecule is C#CCOc1ccc2c(c1)c(-c1ccc(C(C)C)cc1)nc(=O)n2Cc1ccc(OC(C)=O)cc1. The topological polar surface area (TPSA) is 70.4 Å². The van der Waals surface area contributed by atoms with Crippen LogP contribution in [0, 0.1) is 12.3 Å². The van der Waals surface area contributed by atoms with E-state index in [0.29, 0.717) is 29.7 Å². The molecule has 3 aromatic carbocycles. The molecule has 4 rings (SSSR count). The molecule has 0 spiro atoms. The summed E-state index contributed by atoms with van der Waals surface area (Å²) in [5, 5.41) is 0.785. The fourth-order valence-electron chi connectivity index (χ4n) is 3.88. The predicted molar refractivity (Wildman–Crippen MR) is 137 cm³/mol. The molecule has 0 radical (unpaired) electrons. The zero-order valence-corrected chi connectivity index (χ0v) is 19.9. The minimum absolute atomic E-state index is 0.145. The Balaban J connectivity index is 1.81. The Morgan fingerprint density at radius 3 is 2.34 bits per heavy atom. The smallest absolute Gasteiger partial charge is 0.348 e. The first-order chi connectivity index (χ1) is 16.9. The molecule has 0 aliphatic carbocycles. The molecule has 35 heavy (non-hydrogen) atoms. The van der Waals surface area contributed by atoms with Crippen molar-refractivity contribution >= 4 is 16.9 Å². The predicted octanol–water partition coefficient (Wildman–Crippen LogP) is 5.17. The first kappa shape index (κ1) is 23.8. The van der Waals surface area contributed by atoms with Crippen LogP contribution in [0.1, 0.15) is 37.8 Å². The Hall–Kier alpha value is -4.37. The molecule has 0 atom stereocenters. The molecule has 0 aliphatic rings. The maximum Gasteiger partial charge on any atom is 0.348 e. The molecular formula is C29H26N2O4. The fourth-order valence-corrected chi connectivity index (χ4v) is 3.88. The van der Waals surface area contributed by atoms with Crippen LogP contribution in [0.3, 0.4) is 0 Å². The summed E-state index contributed by atoms with van der Waals surface area (Å²) in [7, 11) is 0. The lowest BCUT2D eigenvalue weighted by atomic mass is 9.99. The third-order valence-electron chi connectivity index (χ3n) is 5.65. The Kier molecular flexibility index (Phi) is 6.98. The first-order valence-electron chi connectivity index (χ1n) is 11.3. The molecule has 0 N–H and O–H groups in total. The van der Waals surface area contributed by atoms with E-state index in [2.05, 4.69) is 36.9 Å². The van der Waals surface area contributed by atoms with Crippen LogP contribution in [0.15, 0.2) is 71.5 Å². The number of aromatic nitrogens is 2. The van der Waals surface area contributed by atoms with Gasteiger partial charge in [-0.15, -0.1) is 6.42 Å². The van der Waals surface area contributed by atoms with Gasteiger partial charge in [0.25, 0.3) is 0 Å². The average Bonchev–Trinajstić information content (AvgIpc) is 2.85. The maximum absolute atomic E-state index is 13.2. The number of hydrogen-bond acceptors (Lipinski definition) is 5. The summed E-state index contributed by atoms with van der Waals surface area (Å²) in [4.78, 5) is 28.8. The summed E-state index contributed by atoms with van der Waals surface area (Å²) in [6, 6.07) is 20.7. The van der Waals surface area contributed by atoms with Gasteiger partial charge in [0.1, 0.15) is 18.1 Å². The molecule has 0 aliphatic heterocycles. The highest BCUT2D eigenvalue weighted by atomic mass is 16.5. The summed E-state index contributed by atoms with van der Waals surface area (Å²) in [5.74, 6) is 3.54. The van der Waals surface area contributed by atoms with Gasteiger partial charge in [0, 0.05) is 17.9 Å². The van der Waals surface area contributed by atoms with E-state index in [-0.39, 0.29) is 18.3 Å². The highest BCUT2D eigenvalue weighted by Gasteiger charge is 2.14. The van der Waals surface area contributed by atoms with E-state index >= 15 is 0 Å². The lowest BCUT2D eigenvalue weighted by Gasteiger charge is -2.15. The summed E-state index contributed by atoms with van der Waals surface area (Å²) in [5.41, 5.74) is 3.89. The van der Waals surface area contributed by atoms with Crippen LogP contribution in [-0.4, -0.2) is 22.1 Å². The number of carbonyl (C=O) groups excluding carboxylic acids is 1. The molecule has 0 unspecified atom stereocenters. The molecule has 0 bridgehead atoms. The molecule has 0 amide bonds.